The average Bonchev–Trinajstić information content (AvgIpc) is 2.84. The molecule has 0 unspecified atom stereocenters. The molecule has 0 fully saturated rings. The summed E-state index contributed by atoms with van der Waals surface area (Å²) in [7, 11) is -3.56. The standard InChI is InChI=1S/C28H39Cl2N3O4S/c1-7-21(5)31-28(35)26(8-2)32(18-22-12-14-24(29)25(30)17-22)27(34)10-9-15-33(38(6,36)37)23-13-11-19(3)20(4)16-23/h11-14,16-17,21,26H,7-10,15,18H2,1-6H3,(H,31,35)/t21-,26-/m0/s1. The zero-order chi connectivity index (χ0) is 28.6. The Morgan fingerprint density at radius 3 is 2.21 bits per heavy atom. The van der Waals surface area contributed by atoms with E-state index < -0.39 is 16.1 Å². The fraction of sp³-hybridized carbons (Fsp3) is 0.500. The molecule has 0 radical (unpaired) electrons. The Hall–Kier alpha value is -2.29. The summed E-state index contributed by atoms with van der Waals surface area (Å²) in [5, 5.41) is 3.75. The molecule has 7 nitrogen and oxygen atoms in total. The molecule has 10 heteroatoms. The number of nitrogens with zero attached hydrogens (tertiary/aromatic N) is 2. The number of hydrogen-bond acceptors (Lipinski definition) is 4. The molecule has 0 saturated heterocycles. The summed E-state index contributed by atoms with van der Waals surface area (Å²) < 4.78 is 26.5. The predicted octanol–water partition coefficient (Wildman–Crippen LogP) is 5.88. The summed E-state index contributed by atoms with van der Waals surface area (Å²) in [6, 6.07) is 9.91. The molecule has 2 atom stereocenters. The fourth-order valence-electron chi connectivity index (χ4n) is 4.08. The third-order valence-corrected chi connectivity index (χ3v) is 8.59. The molecular formula is C28H39Cl2N3O4S. The maximum absolute atomic E-state index is 13.5. The van der Waals surface area contributed by atoms with Crippen LogP contribution in [-0.4, -0.2) is 50.0 Å². The lowest BCUT2D eigenvalue weighted by Gasteiger charge is -2.32. The SMILES string of the molecule is CC[C@H](C)NC(=O)[C@H](CC)N(Cc1ccc(Cl)c(Cl)c1)C(=O)CCCN(c1ccc(C)c(C)c1)S(C)(=O)=O. The summed E-state index contributed by atoms with van der Waals surface area (Å²) in [6.07, 6.45) is 2.72. The molecule has 2 rings (SSSR count). The molecule has 1 N–H and O–H groups in total. The second-order valence-electron chi connectivity index (χ2n) is 9.72. The van der Waals surface area contributed by atoms with Crippen LogP contribution < -0.4 is 9.62 Å². The van der Waals surface area contributed by atoms with Crippen LogP contribution in [0, 0.1) is 13.8 Å². The Labute approximate surface area is 237 Å². The van der Waals surface area contributed by atoms with E-state index in [4.69, 9.17) is 23.2 Å². The van der Waals surface area contributed by atoms with Gasteiger partial charge in [-0.3, -0.25) is 13.9 Å². The Balaban J connectivity index is 2.27. The molecule has 0 bridgehead atoms. The second-order valence-corrected chi connectivity index (χ2v) is 12.4. The van der Waals surface area contributed by atoms with Gasteiger partial charge >= 0.3 is 0 Å². The second kappa shape index (κ2) is 14.2. The highest BCUT2D eigenvalue weighted by Gasteiger charge is 2.29. The Morgan fingerprint density at radius 2 is 1.66 bits per heavy atom. The minimum Gasteiger partial charge on any atom is -0.352 e. The molecule has 210 valence electrons. The number of carbonyl (C=O) groups excluding carboxylic acids is 2. The molecular weight excluding hydrogens is 545 g/mol. The quantitative estimate of drug-likeness (QED) is 0.319. The normalized spacial score (nSPS) is 13.1. The Bertz CT molecular complexity index is 1240. The minimum atomic E-state index is -3.56. The fourth-order valence-corrected chi connectivity index (χ4v) is 5.36. The van der Waals surface area contributed by atoms with Gasteiger partial charge in [-0.15, -0.1) is 0 Å². The highest BCUT2D eigenvalue weighted by molar-refractivity contribution is 7.92. The van der Waals surface area contributed by atoms with Gasteiger partial charge in [0, 0.05) is 25.6 Å². The molecule has 0 heterocycles. The number of aryl methyl sites for hydroxylation is 2. The van der Waals surface area contributed by atoms with Crippen LogP contribution in [0.2, 0.25) is 10.0 Å². The highest BCUT2D eigenvalue weighted by Crippen LogP contribution is 2.25. The predicted molar refractivity (Wildman–Crippen MR) is 156 cm³/mol. The van der Waals surface area contributed by atoms with E-state index >= 15 is 0 Å². The minimum absolute atomic E-state index is 0.0280. The Kier molecular flexibility index (Phi) is 11.9. The largest absolute Gasteiger partial charge is 0.352 e. The molecule has 2 aromatic rings. The first-order valence-electron chi connectivity index (χ1n) is 12.9. The van der Waals surface area contributed by atoms with E-state index in [2.05, 4.69) is 5.32 Å². The number of amides is 2. The number of halogens is 2. The van der Waals surface area contributed by atoms with Crippen molar-refractivity contribution in [3.8, 4) is 0 Å². The van der Waals surface area contributed by atoms with Crippen LogP contribution >= 0.6 is 23.2 Å². The number of nitrogens with one attached hydrogen (secondary N) is 1. The molecule has 2 aromatic carbocycles. The number of hydrogen-bond donors (Lipinski definition) is 1. The van der Waals surface area contributed by atoms with E-state index in [0.29, 0.717) is 28.6 Å². The van der Waals surface area contributed by atoms with Crippen molar-refractivity contribution in [1.82, 2.24) is 10.2 Å². The molecule has 2 amide bonds. The molecule has 0 spiro atoms. The van der Waals surface area contributed by atoms with E-state index in [9.17, 15) is 18.0 Å². The van der Waals surface area contributed by atoms with Gasteiger partial charge in [0.1, 0.15) is 6.04 Å². The van der Waals surface area contributed by atoms with Crippen molar-refractivity contribution in [2.45, 2.75) is 78.9 Å². The average molecular weight is 585 g/mol. The summed E-state index contributed by atoms with van der Waals surface area (Å²) in [6.45, 7) is 9.97. The molecule has 38 heavy (non-hydrogen) atoms. The number of rotatable bonds is 13. The topological polar surface area (TPSA) is 86.8 Å². The zero-order valence-electron chi connectivity index (χ0n) is 23.1. The van der Waals surface area contributed by atoms with E-state index in [1.54, 1.807) is 29.2 Å². The number of carbonyl (C=O) groups is 2. The van der Waals surface area contributed by atoms with E-state index in [-0.39, 0.29) is 37.4 Å². The third-order valence-electron chi connectivity index (χ3n) is 6.65. The molecule has 0 aliphatic rings. The van der Waals surface area contributed by atoms with Crippen molar-refractivity contribution in [2.24, 2.45) is 0 Å². The third kappa shape index (κ3) is 8.89. The maximum atomic E-state index is 13.5. The summed E-state index contributed by atoms with van der Waals surface area (Å²) in [5.74, 6) is -0.459. The van der Waals surface area contributed by atoms with Crippen LogP contribution in [0.5, 0.6) is 0 Å². The molecule has 0 aromatic heterocycles. The van der Waals surface area contributed by atoms with E-state index in [1.165, 1.54) is 4.31 Å². The summed E-state index contributed by atoms with van der Waals surface area (Å²) in [4.78, 5) is 28.2. The molecule has 0 saturated carbocycles. The number of sulfonamides is 1. The lowest BCUT2D eigenvalue weighted by Crippen LogP contribution is -2.50. The van der Waals surface area contributed by atoms with Crippen LogP contribution in [0.25, 0.3) is 0 Å². The van der Waals surface area contributed by atoms with Gasteiger partial charge in [-0.1, -0.05) is 49.2 Å². The van der Waals surface area contributed by atoms with Crippen molar-refractivity contribution in [3.05, 3.63) is 63.1 Å². The van der Waals surface area contributed by atoms with Crippen molar-refractivity contribution >= 4 is 50.7 Å². The summed E-state index contributed by atoms with van der Waals surface area (Å²) in [5.41, 5.74) is 3.36. The van der Waals surface area contributed by atoms with Gasteiger partial charge in [0.15, 0.2) is 0 Å². The van der Waals surface area contributed by atoms with Gasteiger partial charge in [0.25, 0.3) is 0 Å². The van der Waals surface area contributed by atoms with Gasteiger partial charge in [-0.2, -0.15) is 0 Å². The van der Waals surface area contributed by atoms with Gasteiger partial charge in [0.2, 0.25) is 21.8 Å². The first kappa shape index (κ1) is 31.9. The number of anilines is 1. The van der Waals surface area contributed by atoms with Crippen LogP contribution in [0.3, 0.4) is 0 Å². The van der Waals surface area contributed by atoms with Gasteiger partial charge in [-0.05, 0) is 81.0 Å². The zero-order valence-corrected chi connectivity index (χ0v) is 25.4. The number of benzene rings is 2. The Morgan fingerprint density at radius 1 is 0.974 bits per heavy atom. The van der Waals surface area contributed by atoms with Crippen molar-refractivity contribution in [1.29, 1.82) is 0 Å². The van der Waals surface area contributed by atoms with E-state index in [0.717, 1.165) is 29.4 Å². The first-order chi connectivity index (χ1) is 17.8. The molecule has 0 aliphatic carbocycles. The summed E-state index contributed by atoms with van der Waals surface area (Å²) >= 11 is 12.3. The van der Waals surface area contributed by atoms with Crippen LogP contribution in [0.15, 0.2) is 36.4 Å². The van der Waals surface area contributed by atoms with Crippen LogP contribution in [0.4, 0.5) is 5.69 Å². The highest BCUT2D eigenvalue weighted by atomic mass is 35.5. The van der Waals surface area contributed by atoms with Crippen molar-refractivity contribution in [2.75, 3.05) is 17.1 Å². The van der Waals surface area contributed by atoms with Gasteiger partial charge in [0.05, 0.1) is 22.0 Å². The van der Waals surface area contributed by atoms with Crippen LogP contribution in [-0.2, 0) is 26.2 Å². The monoisotopic (exact) mass is 583 g/mol. The maximum Gasteiger partial charge on any atom is 0.243 e. The van der Waals surface area contributed by atoms with Crippen molar-refractivity contribution in [3.63, 3.8) is 0 Å². The smallest absolute Gasteiger partial charge is 0.243 e. The lowest BCUT2D eigenvalue weighted by molar-refractivity contribution is -0.141. The van der Waals surface area contributed by atoms with E-state index in [1.807, 2.05) is 46.8 Å². The van der Waals surface area contributed by atoms with Crippen molar-refractivity contribution < 1.29 is 18.0 Å². The van der Waals surface area contributed by atoms with Gasteiger partial charge in [-0.25, -0.2) is 8.42 Å². The van der Waals surface area contributed by atoms with Crippen LogP contribution in [0.1, 0.15) is 63.1 Å². The van der Waals surface area contributed by atoms with Gasteiger partial charge < -0.3 is 10.2 Å². The first-order valence-corrected chi connectivity index (χ1v) is 15.5. The molecule has 0 aliphatic heterocycles. The lowest BCUT2D eigenvalue weighted by atomic mass is 10.1.